The van der Waals surface area contributed by atoms with Crippen LogP contribution in [0, 0.1) is 0 Å². The fourth-order valence-corrected chi connectivity index (χ4v) is 3.47. The molecule has 3 aromatic rings. The number of thiazole rings is 1. The van der Waals surface area contributed by atoms with Gasteiger partial charge in [0.05, 0.1) is 19.9 Å². The normalized spacial score (nSPS) is 10.2. The molecule has 0 saturated heterocycles. The standard InChI is InChI=1S/C22H21N3O7S/c1-29-13-7-8-17(30-2)15(9-13)16-12-33-22(24-16)25-20(27)11-32-21(28)14-5-3-4-6-18(14)31-10-19(23)26/h3-9,12H,10-11H2,1-2H3,(H2,23,26)(H,24,25,27). The number of hydrogen-bond donors (Lipinski definition) is 2. The van der Waals surface area contributed by atoms with Gasteiger partial charge in [-0.3, -0.25) is 14.9 Å². The van der Waals surface area contributed by atoms with Gasteiger partial charge >= 0.3 is 5.97 Å². The summed E-state index contributed by atoms with van der Waals surface area (Å²) < 4.78 is 20.9. The zero-order valence-corrected chi connectivity index (χ0v) is 18.6. The summed E-state index contributed by atoms with van der Waals surface area (Å²) in [5.41, 5.74) is 6.41. The Hall–Kier alpha value is -4.12. The van der Waals surface area contributed by atoms with Gasteiger partial charge in [-0.05, 0) is 30.3 Å². The number of para-hydroxylation sites is 1. The minimum Gasteiger partial charge on any atom is -0.497 e. The SMILES string of the molecule is COc1ccc(OC)c(-c2csc(NC(=O)COC(=O)c3ccccc3OCC(N)=O)n2)c1. The Balaban J connectivity index is 1.61. The van der Waals surface area contributed by atoms with E-state index >= 15 is 0 Å². The van der Waals surface area contributed by atoms with Crippen molar-refractivity contribution in [1.29, 1.82) is 0 Å². The van der Waals surface area contributed by atoms with Gasteiger partial charge in [-0.15, -0.1) is 11.3 Å². The molecule has 172 valence electrons. The number of anilines is 1. The van der Waals surface area contributed by atoms with Crippen LogP contribution >= 0.6 is 11.3 Å². The van der Waals surface area contributed by atoms with Gasteiger partial charge in [-0.25, -0.2) is 9.78 Å². The van der Waals surface area contributed by atoms with Crippen LogP contribution < -0.4 is 25.3 Å². The van der Waals surface area contributed by atoms with Crippen molar-refractivity contribution in [3.63, 3.8) is 0 Å². The first-order valence-electron chi connectivity index (χ1n) is 9.56. The number of carbonyl (C=O) groups excluding carboxylic acids is 3. The molecule has 10 nitrogen and oxygen atoms in total. The average molecular weight is 471 g/mol. The molecule has 0 aliphatic carbocycles. The number of nitrogens with zero attached hydrogens (tertiary/aromatic N) is 1. The van der Waals surface area contributed by atoms with Crippen molar-refractivity contribution in [2.45, 2.75) is 0 Å². The van der Waals surface area contributed by atoms with E-state index in [1.165, 1.54) is 23.5 Å². The highest BCUT2D eigenvalue weighted by atomic mass is 32.1. The molecule has 0 unspecified atom stereocenters. The maximum absolute atomic E-state index is 12.3. The molecule has 0 atom stereocenters. The summed E-state index contributed by atoms with van der Waals surface area (Å²) in [6.45, 7) is -0.935. The van der Waals surface area contributed by atoms with Gasteiger partial charge in [-0.2, -0.15) is 0 Å². The van der Waals surface area contributed by atoms with E-state index in [0.29, 0.717) is 27.9 Å². The summed E-state index contributed by atoms with van der Waals surface area (Å²) in [6, 6.07) is 11.5. The van der Waals surface area contributed by atoms with E-state index in [4.69, 9.17) is 24.7 Å². The number of methoxy groups -OCH3 is 2. The summed E-state index contributed by atoms with van der Waals surface area (Å²) in [7, 11) is 3.10. The van der Waals surface area contributed by atoms with Gasteiger partial charge in [0.15, 0.2) is 18.3 Å². The van der Waals surface area contributed by atoms with Gasteiger partial charge in [0.2, 0.25) is 0 Å². The molecule has 0 bridgehead atoms. The molecule has 2 aromatic carbocycles. The summed E-state index contributed by atoms with van der Waals surface area (Å²) in [5.74, 6) is -0.685. The van der Waals surface area contributed by atoms with Crippen molar-refractivity contribution in [2.24, 2.45) is 5.73 Å². The monoisotopic (exact) mass is 471 g/mol. The van der Waals surface area contributed by atoms with E-state index in [1.807, 2.05) is 0 Å². The predicted molar refractivity (Wildman–Crippen MR) is 121 cm³/mol. The summed E-state index contributed by atoms with van der Waals surface area (Å²) in [4.78, 5) is 39.9. The summed E-state index contributed by atoms with van der Waals surface area (Å²) in [6.07, 6.45) is 0. The number of nitrogens with one attached hydrogen (secondary N) is 1. The molecule has 0 aliphatic rings. The van der Waals surface area contributed by atoms with Crippen LogP contribution in [0.15, 0.2) is 47.8 Å². The van der Waals surface area contributed by atoms with Crippen LogP contribution in [0.3, 0.4) is 0 Å². The van der Waals surface area contributed by atoms with Crippen molar-refractivity contribution in [1.82, 2.24) is 4.98 Å². The van der Waals surface area contributed by atoms with E-state index in [0.717, 1.165) is 0 Å². The third-order valence-electron chi connectivity index (χ3n) is 4.24. The number of esters is 1. The lowest BCUT2D eigenvalue weighted by Gasteiger charge is -2.10. The lowest BCUT2D eigenvalue weighted by molar-refractivity contribution is -0.120. The van der Waals surface area contributed by atoms with Crippen molar-refractivity contribution in [3.8, 4) is 28.5 Å². The number of carbonyl (C=O) groups is 3. The molecule has 3 N–H and O–H groups in total. The molecule has 0 saturated carbocycles. The number of hydrogen-bond acceptors (Lipinski definition) is 9. The number of nitrogens with two attached hydrogens (primary N) is 1. The number of ether oxygens (including phenoxy) is 4. The van der Waals surface area contributed by atoms with Crippen molar-refractivity contribution in [2.75, 3.05) is 32.8 Å². The molecule has 0 spiro atoms. The van der Waals surface area contributed by atoms with Crippen LogP contribution in [-0.4, -0.2) is 50.2 Å². The molecule has 0 radical (unpaired) electrons. The minimum absolute atomic E-state index is 0.0632. The molecule has 0 aliphatic heterocycles. The molecule has 1 aromatic heterocycles. The predicted octanol–water partition coefficient (Wildman–Crippen LogP) is 2.49. The zero-order chi connectivity index (χ0) is 23.8. The molecule has 0 fully saturated rings. The second-order valence-corrected chi connectivity index (χ2v) is 7.34. The van der Waals surface area contributed by atoms with Crippen LogP contribution in [0.2, 0.25) is 0 Å². The fourth-order valence-electron chi connectivity index (χ4n) is 2.74. The van der Waals surface area contributed by atoms with Crippen LogP contribution in [0.25, 0.3) is 11.3 Å². The molecule has 3 rings (SSSR count). The summed E-state index contributed by atoms with van der Waals surface area (Å²) in [5, 5.41) is 4.66. The van der Waals surface area contributed by atoms with E-state index < -0.39 is 31.0 Å². The lowest BCUT2D eigenvalue weighted by atomic mass is 10.1. The van der Waals surface area contributed by atoms with Gasteiger partial charge < -0.3 is 24.7 Å². The Morgan fingerprint density at radius 2 is 1.82 bits per heavy atom. The average Bonchev–Trinajstić information content (AvgIpc) is 3.29. The maximum Gasteiger partial charge on any atom is 0.342 e. The number of aromatic nitrogens is 1. The van der Waals surface area contributed by atoms with Crippen LogP contribution in [0.4, 0.5) is 5.13 Å². The Morgan fingerprint density at radius 3 is 2.55 bits per heavy atom. The topological polar surface area (TPSA) is 139 Å². The maximum atomic E-state index is 12.3. The molecular weight excluding hydrogens is 450 g/mol. The van der Waals surface area contributed by atoms with Crippen molar-refractivity contribution >= 4 is 34.3 Å². The first kappa shape index (κ1) is 23.5. The van der Waals surface area contributed by atoms with Gasteiger partial charge in [0, 0.05) is 10.9 Å². The first-order chi connectivity index (χ1) is 15.9. The second kappa shape index (κ2) is 11.0. The van der Waals surface area contributed by atoms with E-state index in [-0.39, 0.29) is 11.3 Å². The number of primary amides is 1. The Kier molecular flexibility index (Phi) is 7.82. The first-order valence-corrected chi connectivity index (χ1v) is 10.4. The number of rotatable bonds is 10. The van der Waals surface area contributed by atoms with Crippen LogP contribution in [0.1, 0.15) is 10.4 Å². The highest BCUT2D eigenvalue weighted by molar-refractivity contribution is 7.14. The van der Waals surface area contributed by atoms with Gasteiger partial charge in [0.1, 0.15) is 22.8 Å². The second-order valence-electron chi connectivity index (χ2n) is 6.48. The minimum atomic E-state index is -0.786. The van der Waals surface area contributed by atoms with E-state index in [2.05, 4.69) is 10.3 Å². The fraction of sp³-hybridized carbons (Fsp3) is 0.182. The summed E-state index contributed by atoms with van der Waals surface area (Å²) >= 11 is 1.20. The Labute approximate surface area is 193 Å². The quantitative estimate of drug-likeness (QED) is 0.430. The molecule has 11 heteroatoms. The molecule has 1 heterocycles. The Morgan fingerprint density at radius 1 is 1.03 bits per heavy atom. The third kappa shape index (κ3) is 6.20. The van der Waals surface area contributed by atoms with Gasteiger partial charge in [-0.1, -0.05) is 12.1 Å². The third-order valence-corrected chi connectivity index (χ3v) is 5.00. The number of amides is 2. The zero-order valence-electron chi connectivity index (χ0n) is 17.8. The molecule has 33 heavy (non-hydrogen) atoms. The van der Waals surface area contributed by atoms with Crippen molar-refractivity contribution < 1.29 is 33.3 Å². The Bertz CT molecular complexity index is 1160. The van der Waals surface area contributed by atoms with Crippen LogP contribution in [0.5, 0.6) is 17.2 Å². The van der Waals surface area contributed by atoms with Crippen LogP contribution in [-0.2, 0) is 14.3 Å². The van der Waals surface area contributed by atoms with Crippen molar-refractivity contribution in [3.05, 3.63) is 53.4 Å². The van der Waals surface area contributed by atoms with E-state index in [9.17, 15) is 14.4 Å². The molecular formula is C22H21N3O7S. The van der Waals surface area contributed by atoms with E-state index in [1.54, 1.807) is 49.9 Å². The largest absolute Gasteiger partial charge is 0.497 e. The highest BCUT2D eigenvalue weighted by Gasteiger charge is 2.17. The molecule has 2 amide bonds. The van der Waals surface area contributed by atoms with Gasteiger partial charge in [0.25, 0.3) is 11.8 Å². The number of benzene rings is 2. The lowest BCUT2D eigenvalue weighted by Crippen LogP contribution is -2.22. The smallest absolute Gasteiger partial charge is 0.342 e. The highest BCUT2D eigenvalue weighted by Crippen LogP contribution is 2.35.